The molecule has 16 heavy (non-hydrogen) atoms. The average molecular weight is 222 g/mol. The first-order valence-corrected chi connectivity index (χ1v) is 4.88. The second-order valence-corrected chi connectivity index (χ2v) is 3.75. The van der Waals surface area contributed by atoms with Crippen LogP contribution >= 0.6 is 0 Å². The van der Waals surface area contributed by atoms with Gasteiger partial charge in [-0.15, -0.1) is 0 Å². The zero-order chi connectivity index (χ0) is 11.7. The first kappa shape index (κ1) is 10.6. The van der Waals surface area contributed by atoms with Crippen LogP contribution in [-0.2, 0) is 9.59 Å². The zero-order valence-corrected chi connectivity index (χ0v) is 8.74. The van der Waals surface area contributed by atoms with Gasteiger partial charge in [-0.05, 0) is 17.7 Å². The lowest BCUT2D eigenvalue weighted by atomic mass is 10.0. The van der Waals surface area contributed by atoms with Gasteiger partial charge in [-0.25, -0.2) is 4.39 Å². The number of hydrogen-bond donors (Lipinski definition) is 1. The molecule has 2 amide bonds. The Bertz CT molecular complexity index is 447. The number of likely N-dealkylation sites (N-methyl/N-ethyl adjacent to an activating group) is 1. The molecule has 1 aliphatic rings. The van der Waals surface area contributed by atoms with Crippen LogP contribution in [0.1, 0.15) is 11.6 Å². The number of carbonyl (C=O) groups excluding carboxylic acids is 2. The van der Waals surface area contributed by atoms with Gasteiger partial charge in [0.15, 0.2) is 0 Å². The predicted octanol–water partition coefficient (Wildman–Crippen LogP) is 0.455. The smallest absolute Gasteiger partial charge is 0.250 e. The molecule has 2 rings (SSSR count). The fourth-order valence-corrected chi connectivity index (χ4v) is 1.69. The maximum Gasteiger partial charge on any atom is 0.250 e. The number of amides is 2. The van der Waals surface area contributed by atoms with Gasteiger partial charge in [-0.2, -0.15) is 0 Å². The molecule has 1 N–H and O–H groups in total. The second-order valence-electron chi connectivity index (χ2n) is 3.75. The SMILES string of the molecule is CN1CC(=O)N[C@H](c2cccc(F)c2)C1=O. The normalized spacial score (nSPS) is 20.9. The number of benzene rings is 1. The number of nitrogens with one attached hydrogen (secondary N) is 1. The van der Waals surface area contributed by atoms with E-state index in [-0.39, 0.29) is 18.4 Å². The van der Waals surface area contributed by atoms with E-state index in [2.05, 4.69) is 5.32 Å². The van der Waals surface area contributed by atoms with Crippen LogP contribution < -0.4 is 5.32 Å². The monoisotopic (exact) mass is 222 g/mol. The number of halogens is 1. The van der Waals surface area contributed by atoms with Crippen LogP contribution in [0.15, 0.2) is 24.3 Å². The predicted molar refractivity (Wildman–Crippen MR) is 54.9 cm³/mol. The Morgan fingerprint density at radius 2 is 2.19 bits per heavy atom. The molecule has 1 aromatic rings. The van der Waals surface area contributed by atoms with Crippen LogP contribution in [-0.4, -0.2) is 30.3 Å². The lowest BCUT2D eigenvalue weighted by Crippen LogP contribution is -2.51. The van der Waals surface area contributed by atoms with Gasteiger partial charge in [0.1, 0.15) is 11.9 Å². The van der Waals surface area contributed by atoms with Crippen molar-refractivity contribution in [1.29, 1.82) is 0 Å². The van der Waals surface area contributed by atoms with E-state index in [1.54, 1.807) is 13.1 Å². The standard InChI is InChI=1S/C11H11FN2O2/c1-14-6-9(15)13-10(11(14)16)7-3-2-4-8(12)5-7/h2-5,10H,6H2,1H3,(H,13,15)/t10-/m1/s1. The molecular weight excluding hydrogens is 211 g/mol. The van der Waals surface area contributed by atoms with Crippen molar-refractivity contribution in [1.82, 2.24) is 10.2 Å². The van der Waals surface area contributed by atoms with Crippen molar-refractivity contribution in [2.24, 2.45) is 0 Å². The van der Waals surface area contributed by atoms with Crippen molar-refractivity contribution in [3.05, 3.63) is 35.6 Å². The van der Waals surface area contributed by atoms with Crippen molar-refractivity contribution in [3.63, 3.8) is 0 Å². The summed E-state index contributed by atoms with van der Waals surface area (Å²) in [5.41, 5.74) is 0.463. The second kappa shape index (κ2) is 3.92. The first-order valence-electron chi connectivity index (χ1n) is 4.88. The minimum absolute atomic E-state index is 0.0463. The summed E-state index contributed by atoms with van der Waals surface area (Å²) in [5.74, 6) is -0.894. The number of rotatable bonds is 1. The summed E-state index contributed by atoms with van der Waals surface area (Å²) in [5, 5.41) is 2.54. The van der Waals surface area contributed by atoms with Crippen LogP contribution in [0.2, 0.25) is 0 Å². The summed E-state index contributed by atoms with van der Waals surface area (Å²) < 4.78 is 13.0. The summed E-state index contributed by atoms with van der Waals surface area (Å²) in [6.07, 6.45) is 0. The summed E-state index contributed by atoms with van der Waals surface area (Å²) in [4.78, 5) is 24.4. The van der Waals surface area contributed by atoms with Gasteiger partial charge in [-0.1, -0.05) is 12.1 Å². The molecule has 0 saturated carbocycles. The van der Waals surface area contributed by atoms with E-state index in [4.69, 9.17) is 0 Å². The van der Waals surface area contributed by atoms with Crippen molar-refractivity contribution < 1.29 is 14.0 Å². The minimum atomic E-state index is -0.776. The van der Waals surface area contributed by atoms with Crippen molar-refractivity contribution >= 4 is 11.8 Å². The van der Waals surface area contributed by atoms with E-state index >= 15 is 0 Å². The van der Waals surface area contributed by atoms with Crippen LogP contribution in [0.25, 0.3) is 0 Å². The maximum atomic E-state index is 13.0. The molecule has 1 heterocycles. The Kier molecular flexibility index (Phi) is 2.60. The van der Waals surface area contributed by atoms with Gasteiger partial charge in [-0.3, -0.25) is 9.59 Å². The molecule has 1 atom stereocenters. The highest BCUT2D eigenvalue weighted by Gasteiger charge is 2.31. The Morgan fingerprint density at radius 3 is 2.88 bits per heavy atom. The van der Waals surface area contributed by atoms with Crippen LogP contribution in [0.4, 0.5) is 4.39 Å². The molecule has 0 bridgehead atoms. The number of piperazine rings is 1. The molecule has 0 radical (unpaired) electrons. The van der Waals surface area contributed by atoms with Gasteiger partial charge in [0.05, 0.1) is 6.54 Å². The Balaban J connectivity index is 2.32. The topological polar surface area (TPSA) is 49.4 Å². The Morgan fingerprint density at radius 1 is 1.44 bits per heavy atom. The minimum Gasteiger partial charge on any atom is -0.339 e. The third-order valence-corrected chi connectivity index (χ3v) is 2.49. The number of hydrogen-bond acceptors (Lipinski definition) is 2. The number of nitrogens with zero attached hydrogens (tertiary/aromatic N) is 1. The zero-order valence-electron chi connectivity index (χ0n) is 8.74. The average Bonchev–Trinajstić information content (AvgIpc) is 2.23. The van der Waals surface area contributed by atoms with Gasteiger partial charge < -0.3 is 10.2 Å². The molecule has 0 aromatic heterocycles. The third-order valence-electron chi connectivity index (χ3n) is 2.49. The van der Waals surface area contributed by atoms with Crippen LogP contribution in [0.3, 0.4) is 0 Å². The summed E-state index contributed by atoms with van der Waals surface area (Å²) in [7, 11) is 1.55. The summed E-state index contributed by atoms with van der Waals surface area (Å²) >= 11 is 0. The highest BCUT2D eigenvalue weighted by molar-refractivity contribution is 5.95. The molecule has 0 spiro atoms. The quantitative estimate of drug-likeness (QED) is 0.750. The van der Waals surface area contributed by atoms with E-state index in [1.807, 2.05) is 0 Å². The van der Waals surface area contributed by atoms with Crippen LogP contribution in [0, 0.1) is 5.82 Å². The van der Waals surface area contributed by atoms with E-state index < -0.39 is 11.9 Å². The molecule has 4 nitrogen and oxygen atoms in total. The molecule has 1 aliphatic heterocycles. The molecule has 5 heteroatoms. The molecule has 1 saturated heterocycles. The van der Waals surface area contributed by atoms with Crippen molar-refractivity contribution in [2.75, 3.05) is 13.6 Å². The van der Waals surface area contributed by atoms with Gasteiger partial charge in [0.25, 0.3) is 0 Å². The third kappa shape index (κ3) is 1.88. The highest BCUT2D eigenvalue weighted by atomic mass is 19.1. The van der Waals surface area contributed by atoms with E-state index in [1.165, 1.54) is 23.1 Å². The largest absolute Gasteiger partial charge is 0.339 e. The number of carbonyl (C=O) groups is 2. The molecule has 0 unspecified atom stereocenters. The summed E-state index contributed by atoms with van der Waals surface area (Å²) in [6.45, 7) is 0.0463. The maximum absolute atomic E-state index is 13.0. The molecule has 1 fully saturated rings. The Hall–Kier alpha value is -1.91. The first-order chi connectivity index (χ1) is 7.58. The highest BCUT2D eigenvalue weighted by Crippen LogP contribution is 2.18. The summed E-state index contributed by atoms with van der Waals surface area (Å²) in [6, 6.07) is 4.90. The lowest BCUT2D eigenvalue weighted by Gasteiger charge is -2.29. The molecule has 84 valence electrons. The van der Waals surface area contributed by atoms with E-state index in [0.29, 0.717) is 5.56 Å². The van der Waals surface area contributed by atoms with Gasteiger partial charge >= 0.3 is 0 Å². The Labute approximate surface area is 92.0 Å². The lowest BCUT2D eigenvalue weighted by molar-refractivity contribution is -0.143. The van der Waals surface area contributed by atoms with Crippen molar-refractivity contribution in [3.8, 4) is 0 Å². The van der Waals surface area contributed by atoms with E-state index in [0.717, 1.165) is 0 Å². The van der Waals surface area contributed by atoms with Gasteiger partial charge in [0.2, 0.25) is 11.8 Å². The molecule has 0 aliphatic carbocycles. The van der Waals surface area contributed by atoms with E-state index in [9.17, 15) is 14.0 Å². The van der Waals surface area contributed by atoms with Crippen molar-refractivity contribution in [2.45, 2.75) is 6.04 Å². The van der Waals surface area contributed by atoms with Gasteiger partial charge in [0, 0.05) is 7.05 Å². The fourth-order valence-electron chi connectivity index (χ4n) is 1.69. The fraction of sp³-hybridized carbons (Fsp3) is 0.273. The molecular formula is C11H11FN2O2. The van der Waals surface area contributed by atoms with Crippen LogP contribution in [0.5, 0.6) is 0 Å². The molecule has 1 aromatic carbocycles.